The van der Waals surface area contributed by atoms with Crippen LogP contribution in [0.15, 0.2) is 29.2 Å². The lowest BCUT2D eigenvalue weighted by Gasteiger charge is -2.02. The molecular weight excluding hydrogens is 210 g/mol. The van der Waals surface area contributed by atoms with Crippen LogP contribution in [0.2, 0.25) is 5.02 Å². The van der Waals surface area contributed by atoms with E-state index in [0.717, 1.165) is 4.90 Å². The molecule has 4 N–H and O–H groups in total. The Balaban J connectivity index is 2.37. The van der Waals surface area contributed by atoms with Gasteiger partial charge in [-0.15, -0.1) is 0 Å². The van der Waals surface area contributed by atoms with Crippen molar-refractivity contribution in [1.29, 1.82) is 0 Å². The fourth-order valence-electron chi connectivity index (χ4n) is 0.637. The molecule has 1 aromatic rings. The normalized spacial score (nSPS) is 9.62. The maximum Gasteiger partial charge on any atom is 0.327 e. The zero-order valence-corrected chi connectivity index (χ0v) is 8.15. The highest BCUT2D eigenvalue weighted by Crippen LogP contribution is 2.16. The van der Waals surface area contributed by atoms with Gasteiger partial charge in [0.15, 0.2) is 0 Å². The summed E-state index contributed by atoms with van der Waals surface area (Å²) in [5.74, 6) is 0. The number of primary amides is 1. The van der Waals surface area contributed by atoms with Crippen LogP contribution in [-0.2, 0) is 0 Å². The van der Waals surface area contributed by atoms with Gasteiger partial charge < -0.3 is 5.73 Å². The highest BCUT2D eigenvalue weighted by atomic mass is 35.5. The number of urea groups is 1. The van der Waals surface area contributed by atoms with Crippen LogP contribution in [0.5, 0.6) is 0 Å². The number of carbonyl (C=O) groups is 1. The second-order valence-electron chi connectivity index (χ2n) is 2.15. The molecule has 0 aromatic heterocycles. The second-order valence-corrected chi connectivity index (χ2v) is 3.46. The van der Waals surface area contributed by atoms with E-state index in [1.54, 1.807) is 12.1 Å². The first-order chi connectivity index (χ1) is 6.18. The average molecular weight is 218 g/mol. The third-order valence-corrected chi connectivity index (χ3v) is 2.12. The Morgan fingerprint density at radius 1 is 1.38 bits per heavy atom. The Labute approximate surface area is 84.9 Å². The van der Waals surface area contributed by atoms with Crippen LogP contribution in [-0.4, -0.2) is 6.03 Å². The van der Waals surface area contributed by atoms with Gasteiger partial charge in [0, 0.05) is 9.92 Å². The minimum absolute atomic E-state index is 0.624. The van der Waals surface area contributed by atoms with Crippen molar-refractivity contribution in [3.63, 3.8) is 0 Å². The summed E-state index contributed by atoms with van der Waals surface area (Å²) in [5.41, 5.74) is 7.06. The number of hydrogen-bond acceptors (Lipinski definition) is 3. The van der Waals surface area contributed by atoms with E-state index in [2.05, 4.69) is 10.3 Å². The SMILES string of the molecule is NC(=O)NNSc1ccc(Cl)cc1. The van der Waals surface area contributed by atoms with Crippen molar-refractivity contribution in [2.75, 3.05) is 0 Å². The summed E-state index contributed by atoms with van der Waals surface area (Å²) in [4.78, 5) is 13.8. The molecule has 0 aliphatic carbocycles. The molecule has 0 radical (unpaired) electrons. The maximum absolute atomic E-state index is 10.3. The molecule has 6 heteroatoms. The fourth-order valence-corrected chi connectivity index (χ4v) is 1.31. The number of rotatable bonds is 3. The Morgan fingerprint density at radius 2 is 2.00 bits per heavy atom. The molecule has 1 aromatic carbocycles. The highest BCUT2D eigenvalue weighted by Gasteiger charge is 1.94. The number of hydrazine groups is 1. The molecule has 0 atom stereocenters. The first-order valence-corrected chi connectivity index (χ1v) is 4.61. The van der Waals surface area contributed by atoms with Crippen LogP contribution in [0.4, 0.5) is 4.79 Å². The number of amides is 2. The standard InChI is InChI=1S/C7H8ClN3OS/c8-5-1-3-6(4-2-5)13-11-10-7(9)12/h1-4,11H,(H3,9,10,12). The zero-order chi connectivity index (χ0) is 9.68. The lowest BCUT2D eigenvalue weighted by atomic mass is 10.4. The van der Waals surface area contributed by atoms with E-state index in [1.165, 1.54) is 11.9 Å². The number of benzene rings is 1. The third-order valence-electron chi connectivity index (χ3n) is 1.16. The van der Waals surface area contributed by atoms with Crippen molar-refractivity contribution in [1.82, 2.24) is 10.3 Å². The first-order valence-electron chi connectivity index (χ1n) is 3.41. The topological polar surface area (TPSA) is 67.2 Å². The van der Waals surface area contributed by atoms with Crippen molar-refractivity contribution in [3.05, 3.63) is 29.3 Å². The Bertz CT molecular complexity index is 290. The molecule has 0 heterocycles. The highest BCUT2D eigenvalue weighted by molar-refractivity contribution is 7.97. The van der Waals surface area contributed by atoms with Gasteiger partial charge in [0.05, 0.1) is 0 Å². The van der Waals surface area contributed by atoms with Gasteiger partial charge in [-0.05, 0) is 36.2 Å². The number of nitrogens with one attached hydrogen (secondary N) is 2. The largest absolute Gasteiger partial charge is 0.351 e. The maximum atomic E-state index is 10.3. The van der Waals surface area contributed by atoms with Crippen molar-refractivity contribution in [2.24, 2.45) is 5.73 Å². The number of halogens is 1. The van der Waals surface area contributed by atoms with Crippen LogP contribution in [0, 0.1) is 0 Å². The zero-order valence-electron chi connectivity index (χ0n) is 6.58. The van der Waals surface area contributed by atoms with Gasteiger partial charge in [-0.3, -0.25) is 5.43 Å². The molecule has 0 saturated carbocycles. The van der Waals surface area contributed by atoms with Gasteiger partial charge in [0.1, 0.15) is 0 Å². The lowest BCUT2D eigenvalue weighted by molar-refractivity contribution is 0.248. The van der Waals surface area contributed by atoms with Crippen LogP contribution in [0.1, 0.15) is 0 Å². The third kappa shape index (κ3) is 4.02. The molecule has 1 rings (SSSR count). The van der Waals surface area contributed by atoms with E-state index in [1.807, 2.05) is 12.1 Å². The van der Waals surface area contributed by atoms with Gasteiger partial charge in [0.2, 0.25) is 0 Å². The van der Waals surface area contributed by atoms with Crippen molar-refractivity contribution < 1.29 is 4.79 Å². The molecular formula is C7H8ClN3OS. The van der Waals surface area contributed by atoms with Crippen LogP contribution >= 0.6 is 23.5 Å². The summed E-state index contributed by atoms with van der Waals surface area (Å²) in [6.07, 6.45) is 0. The minimum atomic E-state index is -0.624. The van der Waals surface area contributed by atoms with Crippen LogP contribution in [0.3, 0.4) is 0 Å². The number of nitrogens with two attached hydrogens (primary N) is 1. The van der Waals surface area contributed by atoms with E-state index in [0.29, 0.717) is 5.02 Å². The van der Waals surface area contributed by atoms with Crippen LogP contribution < -0.4 is 16.0 Å². The summed E-state index contributed by atoms with van der Waals surface area (Å²) in [6.45, 7) is 0. The van der Waals surface area contributed by atoms with Gasteiger partial charge >= 0.3 is 6.03 Å². The predicted molar refractivity (Wildman–Crippen MR) is 53.2 cm³/mol. The minimum Gasteiger partial charge on any atom is -0.351 e. The molecule has 0 aliphatic heterocycles. The van der Waals surface area contributed by atoms with Crippen molar-refractivity contribution in [3.8, 4) is 0 Å². The van der Waals surface area contributed by atoms with Crippen LogP contribution in [0.25, 0.3) is 0 Å². The molecule has 2 amide bonds. The van der Waals surface area contributed by atoms with Gasteiger partial charge in [-0.1, -0.05) is 11.6 Å². The van der Waals surface area contributed by atoms with Crippen molar-refractivity contribution >= 4 is 29.6 Å². The predicted octanol–water partition coefficient (Wildman–Crippen LogP) is 1.52. The van der Waals surface area contributed by atoms with E-state index in [9.17, 15) is 4.79 Å². The van der Waals surface area contributed by atoms with Gasteiger partial charge in [0.25, 0.3) is 0 Å². The smallest absolute Gasteiger partial charge is 0.327 e. The monoisotopic (exact) mass is 217 g/mol. The summed E-state index contributed by atoms with van der Waals surface area (Å²) in [7, 11) is 0. The van der Waals surface area contributed by atoms with E-state index in [4.69, 9.17) is 17.3 Å². The molecule has 70 valence electrons. The van der Waals surface area contributed by atoms with Gasteiger partial charge in [-0.25, -0.2) is 4.79 Å². The van der Waals surface area contributed by atoms with E-state index >= 15 is 0 Å². The number of hydrogen-bond donors (Lipinski definition) is 3. The average Bonchev–Trinajstić information content (AvgIpc) is 2.08. The quantitative estimate of drug-likeness (QED) is 0.531. The molecule has 0 bridgehead atoms. The Kier molecular flexibility index (Phi) is 3.88. The van der Waals surface area contributed by atoms with E-state index in [-0.39, 0.29) is 0 Å². The summed E-state index contributed by atoms with van der Waals surface area (Å²) >= 11 is 6.91. The van der Waals surface area contributed by atoms with E-state index < -0.39 is 6.03 Å². The molecule has 0 spiro atoms. The molecule has 0 unspecified atom stereocenters. The molecule has 0 aliphatic rings. The Hall–Kier alpha value is -0.910. The summed E-state index contributed by atoms with van der Waals surface area (Å²) in [5, 5.41) is 0.673. The van der Waals surface area contributed by atoms with Crippen molar-refractivity contribution in [2.45, 2.75) is 4.90 Å². The fraction of sp³-hybridized carbons (Fsp3) is 0. The summed E-state index contributed by atoms with van der Waals surface area (Å²) in [6, 6.07) is 6.54. The first kappa shape index (κ1) is 10.2. The van der Waals surface area contributed by atoms with Gasteiger partial charge in [-0.2, -0.15) is 4.83 Å². The molecule has 4 nitrogen and oxygen atoms in total. The Morgan fingerprint density at radius 3 is 2.54 bits per heavy atom. The molecule has 0 saturated heterocycles. The molecule has 0 fully saturated rings. The summed E-state index contributed by atoms with van der Waals surface area (Å²) < 4.78 is 0. The molecule has 13 heavy (non-hydrogen) atoms. The second kappa shape index (κ2) is 4.96. The number of carbonyl (C=O) groups excluding carboxylic acids is 1. The lowest BCUT2D eigenvalue weighted by Crippen LogP contribution is -2.36.